The first-order valence-corrected chi connectivity index (χ1v) is 6.49. The molecule has 1 saturated carbocycles. The van der Waals surface area contributed by atoms with E-state index in [0.29, 0.717) is 0 Å². The van der Waals surface area contributed by atoms with E-state index in [9.17, 15) is 0 Å². The maximum absolute atomic E-state index is 3.68. The van der Waals surface area contributed by atoms with E-state index >= 15 is 0 Å². The van der Waals surface area contributed by atoms with Crippen LogP contribution in [0.1, 0.15) is 59.3 Å². The van der Waals surface area contributed by atoms with Crippen LogP contribution in [0.2, 0.25) is 0 Å². The Hall–Kier alpha value is -0.0400. The monoisotopic (exact) mass is 197 g/mol. The average Bonchev–Trinajstić information content (AvgIpc) is 2.41. The van der Waals surface area contributed by atoms with E-state index in [1.54, 1.807) is 0 Å². The van der Waals surface area contributed by atoms with Crippen molar-refractivity contribution in [2.24, 2.45) is 11.8 Å². The fourth-order valence-electron chi connectivity index (χ4n) is 2.85. The molecule has 14 heavy (non-hydrogen) atoms. The van der Waals surface area contributed by atoms with Gasteiger partial charge in [0.25, 0.3) is 0 Å². The molecule has 0 aromatic carbocycles. The van der Waals surface area contributed by atoms with Crippen LogP contribution in [-0.4, -0.2) is 12.6 Å². The smallest absolute Gasteiger partial charge is 0.0118 e. The van der Waals surface area contributed by atoms with Crippen LogP contribution in [0.5, 0.6) is 0 Å². The van der Waals surface area contributed by atoms with E-state index in [1.165, 1.54) is 38.5 Å². The molecule has 1 nitrogen and oxygen atoms in total. The van der Waals surface area contributed by atoms with E-state index in [1.807, 2.05) is 0 Å². The topological polar surface area (TPSA) is 12.0 Å². The summed E-state index contributed by atoms with van der Waals surface area (Å²) in [6, 6.07) is 0.762. The molecule has 0 amide bonds. The van der Waals surface area contributed by atoms with Crippen molar-refractivity contribution < 1.29 is 0 Å². The molecule has 84 valence electrons. The van der Waals surface area contributed by atoms with Gasteiger partial charge < -0.3 is 5.32 Å². The Morgan fingerprint density at radius 2 is 1.64 bits per heavy atom. The van der Waals surface area contributed by atoms with Crippen molar-refractivity contribution in [3.63, 3.8) is 0 Å². The van der Waals surface area contributed by atoms with Gasteiger partial charge in [-0.3, -0.25) is 0 Å². The summed E-state index contributed by atoms with van der Waals surface area (Å²) < 4.78 is 0. The van der Waals surface area contributed by atoms with E-state index in [0.717, 1.165) is 24.4 Å². The molecule has 0 heterocycles. The van der Waals surface area contributed by atoms with Gasteiger partial charge in [-0.05, 0) is 31.2 Å². The van der Waals surface area contributed by atoms with Crippen LogP contribution < -0.4 is 5.32 Å². The van der Waals surface area contributed by atoms with Crippen molar-refractivity contribution in [1.29, 1.82) is 0 Å². The maximum atomic E-state index is 3.68. The van der Waals surface area contributed by atoms with Crippen LogP contribution in [-0.2, 0) is 0 Å². The van der Waals surface area contributed by atoms with Gasteiger partial charge in [0.15, 0.2) is 0 Å². The Morgan fingerprint density at radius 3 is 2.07 bits per heavy atom. The summed E-state index contributed by atoms with van der Waals surface area (Å²) in [5.41, 5.74) is 0. The van der Waals surface area contributed by atoms with Crippen molar-refractivity contribution in [2.75, 3.05) is 6.54 Å². The Kier molecular flexibility index (Phi) is 5.54. The second-order valence-electron chi connectivity index (χ2n) is 5.08. The molecule has 1 atom stereocenters. The highest BCUT2D eigenvalue weighted by Gasteiger charge is 2.24. The molecule has 1 aliphatic rings. The van der Waals surface area contributed by atoms with Gasteiger partial charge in [0.1, 0.15) is 0 Å². The van der Waals surface area contributed by atoms with Crippen LogP contribution in [0, 0.1) is 11.8 Å². The third kappa shape index (κ3) is 3.61. The molecule has 1 heteroatoms. The van der Waals surface area contributed by atoms with Crippen LogP contribution in [0.3, 0.4) is 0 Å². The van der Waals surface area contributed by atoms with Gasteiger partial charge in [-0.15, -0.1) is 0 Å². The lowest BCUT2D eigenvalue weighted by Gasteiger charge is -2.30. The summed E-state index contributed by atoms with van der Waals surface area (Å²) in [5, 5.41) is 3.68. The average molecular weight is 197 g/mol. The first-order valence-electron chi connectivity index (χ1n) is 6.49. The summed E-state index contributed by atoms with van der Waals surface area (Å²) in [6.07, 6.45) is 8.76. The molecule has 0 aromatic rings. The Morgan fingerprint density at radius 1 is 1.07 bits per heavy atom. The highest BCUT2D eigenvalue weighted by atomic mass is 14.9. The minimum absolute atomic E-state index is 0.762. The second kappa shape index (κ2) is 6.44. The predicted octanol–water partition coefficient (Wildman–Crippen LogP) is 3.59. The van der Waals surface area contributed by atoms with Gasteiger partial charge in [0.2, 0.25) is 0 Å². The SMILES string of the molecule is CCNC(C(C)C)C1CCCCCC1. The molecule has 1 aliphatic carbocycles. The van der Waals surface area contributed by atoms with Gasteiger partial charge in [-0.25, -0.2) is 0 Å². The van der Waals surface area contributed by atoms with E-state index < -0.39 is 0 Å². The van der Waals surface area contributed by atoms with Crippen LogP contribution in [0.15, 0.2) is 0 Å². The van der Waals surface area contributed by atoms with Gasteiger partial charge in [-0.1, -0.05) is 46.5 Å². The van der Waals surface area contributed by atoms with Gasteiger partial charge in [0, 0.05) is 6.04 Å². The zero-order chi connectivity index (χ0) is 10.4. The van der Waals surface area contributed by atoms with E-state index in [2.05, 4.69) is 26.1 Å². The van der Waals surface area contributed by atoms with Gasteiger partial charge in [-0.2, -0.15) is 0 Å². The van der Waals surface area contributed by atoms with Gasteiger partial charge >= 0.3 is 0 Å². The molecular formula is C13H27N. The fraction of sp³-hybridized carbons (Fsp3) is 1.00. The standard InChI is InChI=1S/C13H27N/c1-4-14-13(11(2)3)12-9-7-5-6-8-10-12/h11-14H,4-10H2,1-3H3. The van der Waals surface area contributed by atoms with Crippen molar-refractivity contribution in [2.45, 2.75) is 65.3 Å². The minimum atomic E-state index is 0.762. The molecule has 1 unspecified atom stereocenters. The lowest BCUT2D eigenvalue weighted by atomic mass is 9.85. The lowest BCUT2D eigenvalue weighted by Crippen LogP contribution is -2.40. The van der Waals surface area contributed by atoms with Gasteiger partial charge in [0.05, 0.1) is 0 Å². The fourth-order valence-corrected chi connectivity index (χ4v) is 2.85. The molecule has 0 aliphatic heterocycles. The number of hydrogen-bond acceptors (Lipinski definition) is 1. The number of hydrogen-bond donors (Lipinski definition) is 1. The molecule has 0 saturated heterocycles. The quantitative estimate of drug-likeness (QED) is 0.679. The molecule has 1 N–H and O–H groups in total. The minimum Gasteiger partial charge on any atom is -0.314 e. The number of rotatable bonds is 4. The number of nitrogens with one attached hydrogen (secondary N) is 1. The molecule has 0 spiro atoms. The third-order valence-corrected chi connectivity index (χ3v) is 3.57. The van der Waals surface area contributed by atoms with E-state index in [-0.39, 0.29) is 0 Å². The Bertz CT molecular complexity index is 134. The zero-order valence-electron chi connectivity index (χ0n) is 10.2. The highest BCUT2D eigenvalue weighted by molar-refractivity contribution is 4.80. The summed E-state index contributed by atoms with van der Waals surface area (Å²) >= 11 is 0. The molecule has 0 radical (unpaired) electrons. The molecule has 1 fully saturated rings. The first kappa shape index (κ1) is 12.0. The summed E-state index contributed by atoms with van der Waals surface area (Å²) in [7, 11) is 0. The first-order chi connectivity index (χ1) is 6.75. The van der Waals surface area contributed by atoms with Crippen LogP contribution in [0.4, 0.5) is 0 Å². The van der Waals surface area contributed by atoms with Crippen molar-refractivity contribution in [1.82, 2.24) is 5.32 Å². The molecular weight excluding hydrogens is 170 g/mol. The highest BCUT2D eigenvalue weighted by Crippen LogP contribution is 2.28. The van der Waals surface area contributed by atoms with Crippen molar-refractivity contribution in [3.05, 3.63) is 0 Å². The molecule has 1 rings (SSSR count). The zero-order valence-corrected chi connectivity index (χ0v) is 10.2. The Balaban J connectivity index is 2.46. The van der Waals surface area contributed by atoms with E-state index in [4.69, 9.17) is 0 Å². The van der Waals surface area contributed by atoms with Crippen molar-refractivity contribution >= 4 is 0 Å². The maximum Gasteiger partial charge on any atom is 0.0118 e. The summed E-state index contributed by atoms with van der Waals surface area (Å²) in [4.78, 5) is 0. The van der Waals surface area contributed by atoms with Crippen LogP contribution >= 0.6 is 0 Å². The lowest BCUT2D eigenvalue weighted by molar-refractivity contribution is 0.262. The second-order valence-corrected chi connectivity index (χ2v) is 5.08. The molecule has 0 aromatic heterocycles. The summed E-state index contributed by atoms with van der Waals surface area (Å²) in [6.45, 7) is 8.07. The third-order valence-electron chi connectivity index (χ3n) is 3.57. The van der Waals surface area contributed by atoms with Crippen molar-refractivity contribution in [3.8, 4) is 0 Å². The Labute approximate surface area is 89.7 Å². The predicted molar refractivity (Wildman–Crippen MR) is 63.5 cm³/mol. The van der Waals surface area contributed by atoms with Crippen LogP contribution in [0.25, 0.3) is 0 Å². The summed E-state index contributed by atoms with van der Waals surface area (Å²) in [5.74, 6) is 1.73. The molecule has 0 bridgehead atoms. The normalized spacial score (nSPS) is 22.3. The largest absolute Gasteiger partial charge is 0.314 e.